The lowest BCUT2D eigenvalue weighted by atomic mass is 9.73. The number of aromatic amines is 1. The third-order valence-electron chi connectivity index (χ3n) is 8.14. The van der Waals surface area contributed by atoms with Gasteiger partial charge in [0, 0.05) is 56.5 Å². The minimum Gasteiger partial charge on any atom is -0.494 e. The second kappa shape index (κ2) is 9.21. The zero-order valence-electron chi connectivity index (χ0n) is 23.0. The summed E-state index contributed by atoms with van der Waals surface area (Å²) in [5.41, 5.74) is 3.92. The van der Waals surface area contributed by atoms with Crippen molar-refractivity contribution in [1.29, 1.82) is 0 Å². The van der Waals surface area contributed by atoms with Gasteiger partial charge in [0.25, 0.3) is 0 Å². The molecule has 41 heavy (non-hydrogen) atoms. The number of ether oxygens (including phenoxy) is 1. The molecule has 3 aliphatic rings. The van der Waals surface area contributed by atoms with Crippen molar-refractivity contribution in [3.8, 4) is 5.75 Å². The molecule has 2 fully saturated rings. The molecule has 11 nitrogen and oxygen atoms in total. The fourth-order valence-electron chi connectivity index (χ4n) is 6.48. The fourth-order valence-corrected chi connectivity index (χ4v) is 7.45. The molecular formula is C28H31FN8O3S. The minimum absolute atomic E-state index is 0.223. The number of hydrogen-bond acceptors (Lipinski definition) is 9. The van der Waals surface area contributed by atoms with Crippen molar-refractivity contribution < 1.29 is 17.5 Å². The molecule has 0 saturated carbocycles. The van der Waals surface area contributed by atoms with E-state index < -0.39 is 10.0 Å². The third-order valence-corrected chi connectivity index (χ3v) is 9.31. The van der Waals surface area contributed by atoms with Crippen molar-refractivity contribution in [2.45, 2.75) is 6.42 Å². The van der Waals surface area contributed by atoms with Crippen molar-refractivity contribution in [3.63, 3.8) is 0 Å². The molecule has 2 aromatic heterocycles. The monoisotopic (exact) mass is 578 g/mol. The van der Waals surface area contributed by atoms with Gasteiger partial charge in [-0.3, -0.25) is 4.31 Å². The number of para-hydroxylation sites is 1. The Morgan fingerprint density at radius 1 is 1.07 bits per heavy atom. The van der Waals surface area contributed by atoms with E-state index in [2.05, 4.69) is 37.4 Å². The van der Waals surface area contributed by atoms with Crippen LogP contribution in [0.1, 0.15) is 5.56 Å². The molecule has 0 aliphatic carbocycles. The van der Waals surface area contributed by atoms with E-state index in [9.17, 15) is 8.42 Å². The molecule has 0 atom stereocenters. The van der Waals surface area contributed by atoms with Gasteiger partial charge in [0.2, 0.25) is 16.0 Å². The van der Waals surface area contributed by atoms with Crippen LogP contribution in [0, 0.1) is 11.2 Å². The molecule has 5 heterocycles. The highest BCUT2D eigenvalue weighted by atomic mass is 32.2. The molecular weight excluding hydrogens is 547 g/mol. The van der Waals surface area contributed by atoms with Crippen molar-refractivity contribution in [3.05, 3.63) is 54.0 Å². The fraction of sp³-hybridized carbons (Fsp3) is 0.357. The molecule has 0 unspecified atom stereocenters. The Hall–Kier alpha value is -4.10. The predicted molar refractivity (Wildman–Crippen MR) is 158 cm³/mol. The Balaban J connectivity index is 1.19. The van der Waals surface area contributed by atoms with Crippen LogP contribution in [-0.4, -0.2) is 81.4 Å². The van der Waals surface area contributed by atoms with Crippen molar-refractivity contribution in [2.24, 2.45) is 5.41 Å². The highest BCUT2D eigenvalue weighted by Gasteiger charge is 2.51. The number of nitrogens with zero attached hydrogens (tertiary/aromatic N) is 5. The number of fused-ring (bicyclic) bond motifs is 2. The van der Waals surface area contributed by atoms with Gasteiger partial charge < -0.3 is 30.2 Å². The van der Waals surface area contributed by atoms with Crippen LogP contribution in [0.15, 0.2) is 42.6 Å². The van der Waals surface area contributed by atoms with Gasteiger partial charge in [-0.15, -0.1) is 0 Å². The van der Waals surface area contributed by atoms with Crippen LogP contribution in [0.5, 0.6) is 5.75 Å². The van der Waals surface area contributed by atoms with E-state index >= 15 is 4.39 Å². The lowest BCUT2D eigenvalue weighted by Gasteiger charge is -2.60. The summed E-state index contributed by atoms with van der Waals surface area (Å²) in [6.07, 6.45) is 3.59. The molecule has 0 bridgehead atoms. The standard InChI is InChI=1S/C28H31FN8O3S/c1-35-13-28(14-35)15-36(16-28)22-12-23(40-2)21(11-19(22)29)32-27-33-25-18(7-9-30-25)26(34-27)31-20-6-4-5-17-8-10-37(24(17)20)41(3,38)39/h4-7,9,11-12H,8,10,13-16H2,1-3H3,(H3,30,31,32,33,34). The van der Waals surface area contributed by atoms with Crippen LogP contribution in [0.2, 0.25) is 0 Å². The number of methoxy groups -OCH3 is 1. The van der Waals surface area contributed by atoms with Gasteiger partial charge in [0.15, 0.2) is 0 Å². The van der Waals surface area contributed by atoms with Crippen molar-refractivity contribution >= 4 is 55.6 Å². The molecule has 13 heteroatoms. The van der Waals surface area contributed by atoms with Gasteiger partial charge in [-0.25, -0.2) is 12.8 Å². The van der Waals surface area contributed by atoms with Gasteiger partial charge in [0.05, 0.1) is 41.5 Å². The number of aromatic nitrogens is 3. The summed E-state index contributed by atoms with van der Waals surface area (Å²) >= 11 is 0. The molecule has 7 rings (SSSR count). The smallest absolute Gasteiger partial charge is 0.232 e. The van der Waals surface area contributed by atoms with E-state index in [0.29, 0.717) is 52.9 Å². The topological polar surface area (TPSA) is 119 Å². The number of H-pyrrole nitrogens is 1. The highest BCUT2D eigenvalue weighted by molar-refractivity contribution is 7.92. The molecule has 214 valence electrons. The van der Waals surface area contributed by atoms with E-state index in [1.165, 1.54) is 16.6 Å². The first-order valence-electron chi connectivity index (χ1n) is 13.4. The number of sulfonamides is 1. The van der Waals surface area contributed by atoms with E-state index in [-0.39, 0.29) is 17.2 Å². The molecule has 3 N–H and O–H groups in total. The van der Waals surface area contributed by atoms with Crippen LogP contribution < -0.4 is 24.6 Å². The van der Waals surface area contributed by atoms with Crippen LogP contribution in [0.3, 0.4) is 0 Å². The average molecular weight is 579 g/mol. The predicted octanol–water partition coefficient (Wildman–Crippen LogP) is 3.67. The molecule has 1 spiro atoms. The second-order valence-electron chi connectivity index (χ2n) is 11.3. The number of rotatable bonds is 7. The molecule has 2 saturated heterocycles. The average Bonchev–Trinajstić information content (AvgIpc) is 3.54. The molecule has 4 aromatic rings. The maximum absolute atomic E-state index is 15.4. The number of hydrogen-bond donors (Lipinski definition) is 3. The quantitative estimate of drug-likeness (QED) is 0.302. The van der Waals surface area contributed by atoms with Gasteiger partial charge in [-0.05, 0) is 31.2 Å². The Bertz CT molecular complexity index is 1780. The number of benzene rings is 2. The number of nitrogens with one attached hydrogen (secondary N) is 3. The normalized spacial score (nSPS) is 17.9. The number of likely N-dealkylation sites (tertiary alicyclic amines) is 1. The minimum atomic E-state index is -3.45. The van der Waals surface area contributed by atoms with E-state index in [4.69, 9.17) is 9.72 Å². The maximum atomic E-state index is 15.4. The zero-order chi connectivity index (χ0) is 28.5. The lowest BCUT2D eigenvalue weighted by molar-refractivity contribution is -0.00272. The summed E-state index contributed by atoms with van der Waals surface area (Å²) in [5, 5.41) is 7.18. The first kappa shape index (κ1) is 25.8. The lowest BCUT2D eigenvalue weighted by Crippen LogP contribution is -2.71. The molecule has 2 aromatic carbocycles. The van der Waals surface area contributed by atoms with Gasteiger partial charge in [-0.1, -0.05) is 12.1 Å². The van der Waals surface area contributed by atoms with Crippen molar-refractivity contribution in [1.82, 2.24) is 19.9 Å². The Kier molecular flexibility index (Phi) is 5.81. The maximum Gasteiger partial charge on any atom is 0.232 e. The van der Waals surface area contributed by atoms with Gasteiger partial charge >= 0.3 is 0 Å². The summed E-state index contributed by atoms with van der Waals surface area (Å²) < 4.78 is 47.4. The largest absolute Gasteiger partial charge is 0.494 e. The van der Waals surface area contributed by atoms with Crippen LogP contribution in [0.25, 0.3) is 11.0 Å². The molecule has 3 aliphatic heterocycles. The molecule has 0 amide bonds. The van der Waals surface area contributed by atoms with Crippen LogP contribution >= 0.6 is 0 Å². The zero-order valence-corrected chi connectivity index (χ0v) is 23.8. The Labute approximate surface area is 237 Å². The van der Waals surface area contributed by atoms with Crippen molar-refractivity contribution in [2.75, 3.05) is 73.0 Å². The highest BCUT2D eigenvalue weighted by Crippen LogP contribution is 2.44. The van der Waals surface area contributed by atoms with Gasteiger partial charge in [-0.2, -0.15) is 9.97 Å². The van der Waals surface area contributed by atoms with E-state index in [1.807, 2.05) is 24.3 Å². The second-order valence-corrected chi connectivity index (χ2v) is 13.2. The van der Waals surface area contributed by atoms with E-state index in [1.54, 1.807) is 19.4 Å². The van der Waals surface area contributed by atoms with Crippen LogP contribution in [0.4, 0.5) is 38.9 Å². The summed E-state index contributed by atoms with van der Waals surface area (Å²) in [6.45, 7) is 4.11. The van der Waals surface area contributed by atoms with E-state index in [0.717, 1.165) is 37.1 Å². The SMILES string of the molecule is COc1cc(N2CC3(CN(C)C3)C2)c(F)cc1Nc1nc(Nc2cccc3c2N(S(C)(=O)=O)CC3)c2cc[nH]c2n1. The summed E-state index contributed by atoms with van der Waals surface area (Å²) in [7, 11) is 0.196. The Morgan fingerprint density at radius 2 is 1.88 bits per heavy atom. The summed E-state index contributed by atoms with van der Waals surface area (Å²) in [6, 6.07) is 10.6. The Morgan fingerprint density at radius 3 is 2.61 bits per heavy atom. The number of anilines is 6. The first-order chi connectivity index (χ1) is 19.6. The third kappa shape index (κ3) is 4.39. The molecule has 0 radical (unpaired) electrons. The summed E-state index contributed by atoms with van der Waals surface area (Å²) in [4.78, 5) is 16.7. The van der Waals surface area contributed by atoms with Gasteiger partial charge in [0.1, 0.15) is 23.0 Å². The first-order valence-corrected chi connectivity index (χ1v) is 15.3. The summed E-state index contributed by atoms with van der Waals surface area (Å²) in [5.74, 6) is 0.819. The van der Waals surface area contributed by atoms with Crippen LogP contribution in [-0.2, 0) is 16.4 Å². The number of halogens is 1.